The maximum Gasteiger partial charge on any atom is 0.339 e. The molecule has 0 aliphatic heterocycles. The first kappa shape index (κ1) is 15.6. The molecule has 5 nitrogen and oxygen atoms in total. The first-order chi connectivity index (χ1) is 10.0. The van der Waals surface area contributed by atoms with Gasteiger partial charge >= 0.3 is 5.97 Å². The van der Waals surface area contributed by atoms with Crippen molar-refractivity contribution >= 4 is 33.5 Å². The van der Waals surface area contributed by atoms with Gasteiger partial charge in [-0.25, -0.2) is 4.79 Å². The summed E-state index contributed by atoms with van der Waals surface area (Å²) in [5.41, 5.74) is 0.736. The lowest BCUT2D eigenvalue weighted by molar-refractivity contribution is 0.0691. The molecule has 0 saturated carbocycles. The molecule has 0 atom stereocenters. The third-order valence-corrected chi connectivity index (χ3v) is 3.27. The van der Waals surface area contributed by atoms with Crippen molar-refractivity contribution < 1.29 is 19.4 Å². The fraction of sp³-hybridized carbons (Fsp3) is 0.143. The van der Waals surface area contributed by atoms with Crippen molar-refractivity contribution in [3.8, 4) is 11.5 Å². The Morgan fingerprint density at radius 1 is 1.38 bits per heavy atom. The van der Waals surface area contributed by atoms with Crippen LogP contribution < -0.4 is 9.47 Å². The van der Waals surface area contributed by atoms with Crippen molar-refractivity contribution in [2.45, 2.75) is 6.61 Å². The van der Waals surface area contributed by atoms with Gasteiger partial charge in [0.25, 0.3) is 0 Å². The van der Waals surface area contributed by atoms with Crippen LogP contribution in [0.5, 0.6) is 11.5 Å². The number of hydrogen-bond donors (Lipinski definition) is 1. The van der Waals surface area contributed by atoms with Crippen molar-refractivity contribution in [2.75, 3.05) is 7.11 Å². The lowest BCUT2D eigenvalue weighted by atomic mass is 10.2. The van der Waals surface area contributed by atoms with Gasteiger partial charge in [-0.15, -0.1) is 0 Å². The summed E-state index contributed by atoms with van der Waals surface area (Å²) in [7, 11) is 1.42. The van der Waals surface area contributed by atoms with Crippen LogP contribution in [0.2, 0.25) is 5.02 Å². The Hall–Kier alpha value is -1.79. The molecule has 0 radical (unpaired) electrons. The molecular weight excluding hydrogens is 362 g/mol. The molecule has 1 heterocycles. The van der Waals surface area contributed by atoms with E-state index in [4.69, 9.17) is 21.1 Å². The van der Waals surface area contributed by atoms with Gasteiger partial charge in [-0.05, 0) is 28.1 Å². The smallest absolute Gasteiger partial charge is 0.339 e. The summed E-state index contributed by atoms with van der Waals surface area (Å²) in [5, 5.41) is 9.50. The minimum absolute atomic E-state index is 0.0534. The number of hydrogen-bond acceptors (Lipinski definition) is 4. The molecule has 0 aliphatic carbocycles. The van der Waals surface area contributed by atoms with E-state index in [1.54, 1.807) is 12.4 Å². The van der Waals surface area contributed by atoms with Crippen LogP contribution in [-0.4, -0.2) is 23.2 Å². The molecule has 0 fully saturated rings. The third-order valence-electron chi connectivity index (χ3n) is 2.61. The standard InChI is InChI=1S/C14H11BrClNO4/c1-20-12-4-10(16)3-11(14(18)19)13(12)21-7-8-2-9(15)6-17-5-8/h2-6H,7H2,1H3,(H,18,19). The van der Waals surface area contributed by atoms with Gasteiger partial charge in [0, 0.05) is 33.5 Å². The van der Waals surface area contributed by atoms with E-state index in [2.05, 4.69) is 20.9 Å². The molecule has 2 aromatic rings. The van der Waals surface area contributed by atoms with Crippen molar-refractivity contribution in [3.05, 3.63) is 51.2 Å². The molecule has 1 aromatic carbocycles. The number of methoxy groups -OCH3 is 1. The Morgan fingerprint density at radius 2 is 2.14 bits per heavy atom. The maximum atomic E-state index is 11.3. The number of benzene rings is 1. The van der Waals surface area contributed by atoms with Gasteiger partial charge in [-0.2, -0.15) is 0 Å². The summed E-state index contributed by atoms with van der Waals surface area (Å²) >= 11 is 9.18. The predicted molar refractivity (Wildman–Crippen MR) is 81.2 cm³/mol. The highest BCUT2D eigenvalue weighted by Gasteiger charge is 2.18. The fourth-order valence-electron chi connectivity index (χ4n) is 1.72. The number of halogens is 2. The van der Waals surface area contributed by atoms with Gasteiger partial charge in [0.05, 0.1) is 7.11 Å². The van der Waals surface area contributed by atoms with Crippen LogP contribution in [0.3, 0.4) is 0 Å². The number of aromatic nitrogens is 1. The zero-order chi connectivity index (χ0) is 15.4. The number of aromatic carboxylic acids is 1. The second kappa shape index (κ2) is 6.78. The molecule has 0 saturated heterocycles. The topological polar surface area (TPSA) is 68.7 Å². The van der Waals surface area contributed by atoms with E-state index in [0.29, 0.717) is 0 Å². The summed E-state index contributed by atoms with van der Waals surface area (Å²) in [6.45, 7) is 0.157. The summed E-state index contributed by atoms with van der Waals surface area (Å²) in [6, 6.07) is 4.65. The molecule has 7 heteroatoms. The van der Waals surface area contributed by atoms with Crippen LogP contribution in [0.4, 0.5) is 0 Å². The third kappa shape index (κ3) is 3.86. The molecular formula is C14H11BrClNO4. The Balaban J connectivity index is 2.32. The van der Waals surface area contributed by atoms with Gasteiger partial charge in [-0.3, -0.25) is 4.98 Å². The minimum atomic E-state index is -1.14. The quantitative estimate of drug-likeness (QED) is 0.865. The Kier molecular flexibility index (Phi) is 5.03. The highest BCUT2D eigenvalue weighted by molar-refractivity contribution is 9.10. The average molecular weight is 373 g/mol. The van der Waals surface area contributed by atoms with Crippen LogP contribution in [0.1, 0.15) is 15.9 Å². The summed E-state index contributed by atoms with van der Waals surface area (Å²) in [5.74, 6) is -0.740. The molecule has 0 aliphatic rings. The largest absolute Gasteiger partial charge is 0.493 e. The molecule has 1 aromatic heterocycles. The molecule has 0 bridgehead atoms. The lowest BCUT2D eigenvalue weighted by Crippen LogP contribution is -2.05. The van der Waals surface area contributed by atoms with Crippen LogP contribution in [0.25, 0.3) is 0 Å². The zero-order valence-corrected chi connectivity index (χ0v) is 13.3. The summed E-state index contributed by atoms with van der Waals surface area (Å²) in [4.78, 5) is 15.3. The van der Waals surface area contributed by atoms with Crippen LogP contribution in [-0.2, 0) is 6.61 Å². The lowest BCUT2D eigenvalue weighted by Gasteiger charge is -2.13. The monoisotopic (exact) mass is 371 g/mol. The average Bonchev–Trinajstić information content (AvgIpc) is 2.45. The SMILES string of the molecule is COc1cc(Cl)cc(C(=O)O)c1OCc1cncc(Br)c1. The van der Waals surface area contributed by atoms with Crippen molar-refractivity contribution in [3.63, 3.8) is 0 Å². The highest BCUT2D eigenvalue weighted by atomic mass is 79.9. The van der Waals surface area contributed by atoms with E-state index in [-0.39, 0.29) is 28.7 Å². The van der Waals surface area contributed by atoms with E-state index < -0.39 is 5.97 Å². The molecule has 21 heavy (non-hydrogen) atoms. The van der Waals surface area contributed by atoms with Gasteiger partial charge < -0.3 is 14.6 Å². The van der Waals surface area contributed by atoms with E-state index in [9.17, 15) is 9.90 Å². The van der Waals surface area contributed by atoms with Crippen molar-refractivity contribution in [1.29, 1.82) is 0 Å². The first-order valence-electron chi connectivity index (χ1n) is 5.84. The Bertz CT molecular complexity index is 678. The van der Waals surface area contributed by atoms with Crippen molar-refractivity contribution in [2.24, 2.45) is 0 Å². The van der Waals surface area contributed by atoms with Crippen LogP contribution >= 0.6 is 27.5 Å². The molecule has 110 valence electrons. The van der Waals surface area contributed by atoms with Crippen molar-refractivity contribution in [1.82, 2.24) is 4.98 Å². The maximum absolute atomic E-state index is 11.3. The van der Waals surface area contributed by atoms with E-state index >= 15 is 0 Å². The number of carbonyl (C=O) groups is 1. The molecule has 0 unspecified atom stereocenters. The van der Waals surface area contributed by atoms with E-state index in [0.717, 1.165) is 10.0 Å². The first-order valence-corrected chi connectivity index (χ1v) is 7.01. The zero-order valence-electron chi connectivity index (χ0n) is 11.0. The second-order valence-electron chi connectivity index (χ2n) is 4.09. The minimum Gasteiger partial charge on any atom is -0.493 e. The van der Waals surface area contributed by atoms with Gasteiger partial charge in [0.2, 0.25) is 0 Å². The number of pyridine rings is 1. The van der Waals surface area contributed by atoms with Crippen LogP contribution in [0.15, 0.2) is 35.1 Å². The van der Waals surface area contributed by atoms with Gasteiger partial charge in [0.15, 0.2) is 11.5 Å². The number of carboxylic acid groups (broad SMARTS) is 1. The molecule has 0 spiro atoms. The number of rotatable bonds is 5. The normalized spacial score (nSPS) is 10.2. The molecule has 2 rings (SSSR count). The van der Waals surface area contributed by atoms with Gasteiger partial charge in [-0.1, -0.05) is 11.6 Å². The number of carboxylic acids is 1. The Labute approximate surface area is 134 Å². The van der Waals surface area contributed by atoms with E-state index in [1.165, 1.54) is 19.2 Å². The number of ether oxygens (including phenoxy) is 2. The van der Waals surface area contributed by atoms with Crippen LogP contribution in [0, 0.1) is 0 Å². The van der Waals surface area contributed by atoms with E-state index in [1.807, 2.05) is 6.07 Å². The van der Waals surface area contributed by atoms with Gasteiger partial charge in [0.1, 0.15) is 12.2 Å². The molecule has 1 N–H and O–H groups in total. The predicted octanol–water partition coefficient (Wildman–Crippen LogP) is 3.78. The summed E-state index contributed by atoms with van der Waals surface area (Å²) < 4.78 is 11.5. The Morgan fingerprint density at radius 3 is 2.76 bits per heavy atom. The molecule has 0 amide bonds. The second-order valence-corrected chi connectivity index (χ2v) is 5.44. The summed E-state index contributed by atoms with van der Waals surface area (Å²) in [6.07, 6.45) is 3.28. The number of nitrogens with zero attached hydrogens (tertiary/aromatic N) is 1. The highest BCUT2D eigenvalue weighted by Crippen LogP contribution is 2.35. The fourth-order valence-corrected chi connectivity index (χ4v) is 2.34.